The third-order valence-corrected chi connectivity index (χ3v) is 3.02. The molecule has 1 unspecified atom stereocenters. The van der Waals surface area contributed by atoms with Gasteiger partial charge in [0, 0.05) is 12.1 Å². The van der Waals surface area contributed by atoms with Crippen molar-refractivity contribution in [2.75, 3.05) is 11.9 Å². The lowest BCUT2D eigenvalue weighted by Gasteiger charge is -2.28. The zero-order valence-electron chi connectivity index (χ0n) is 9.71. The summed E-state index contributed by atoms with van der Waals surface area (Å²) < 4.78 is 7.06. The number of benzene rings is 1. The summed E-state index contributed by atoms with van der Waals surface area (Å²) in [5.74, 6) is 0.927. The lowest BCUT2D eigenvalue weighted by Crippen LogP contribution is -2.35. The van der Waals surface area contributed by atoms with Crippen molar-refractivity contribution in [3.8, 4) is 17.5 Å². The van der Waals surface area contributed by atoms with Crippen LogP contribution in [0, 0.1) is 0 Å². The molecule has 18 heavy (non-hydrogen) atoms. The molecule has 5 heteroatoms. The van der Waals surface area contributed by atoms with Crippen LogP contribution in [-0.4, -0.2) is 27.4 Å². The first-order valence-electron chi connectivity index (χ1n) is 5.80. The van der Waals surface area contributed by atoms with Crippen molar-refractivity contribution >= 4 is 5.69 Å². The summed E-state index contributed by atoms with van der Waals surface area (Å²) in [6.07, 6.45) is 0. The molecule has 3 rings (SSSR count). The van der Waals surface area contributed by atoms with Crippen LogP contribution < -0.4 is 10.1 Å². The fourth-order valence-electron chi connectivity index (χ4n) is 2.12. The molecule has 94 valence electrons. The first-order valence-corrected chi connectivity index (χ1v) is 5.80. The van der Waals surface area contributed by atoms with E-state index in [1.165, 1.54) is 16.7 Å². The van der Waals surface area contributed by atoms with Gasteiger partial charge in [-0.1, -0.05) is 12.1 Å². The molecule has 0 amide bonds. The van der Waals surface area contributed by atoms with Gasteiger partial charge in [0.25, 0.3) is 0 Å². The van der Waals surface area contributed by atoms with Gasteiger partial charge in [0.2, 0.25) is 0 Å². The molecule has 0 fully saturated rings. The third kappa shape index (κ3) is 1.84. The monoisotopic (exact) mass is 246 g/mol. The van der Waals surface area contributed by atoms with Crippen molar-refractivity contribution in [3.63, 3.8) is 0 Å². The van der Waals surface area contributed by atoms with E-state index in [2.05, 4.69) is 5.32 Å². The van der Waals surface area contributed by atoms with Crippen LogP contribution in [0.3, 0.4) is 0 Å². The maximum atomic E-state index is 9.59. The molecule has 1 aliphatic heterocycles. The van der Waals surface area contributed by atoms with E-state index in [1.807, 2.05) is 24.3 Å². The Morgan fingerprint density at radius 3 is 2.67 bits per heavy atom. The topological polar surface area (TPSA) is 66.7 Å². The summed E-state index contributed by atoms with van der Waals surface area (Å²) in [5, 5.41) is 22.5. The van der Waals surface area contributed by atoms with E-state index in [0.717, 1.165) is 11.4 Å². The lowest BCUT2D eigenvalue weighted by atomic mass is 10.2. The molecule has 0 bridgehead atoms. The minimum absolute atomic E-state index is 0.00380. The van der Waals surface area contributed by atoms with Crippen LogP contribution in [-0.2, 0) is 6.54 Å². The molecule has 3 N–H and O–H groups in total. The van der Waals surface area contributed by atoms with Gasteiger partial charge >= 0.3 is 0 Å². The van der Waals surface area contributed by atoms with Crippen LogP contribution in [0.5, 0.6) is 17.5 Å². The Morgan fingerprint density at radius 1 is 1.17 bits per heavy atom. The summed E-state index contributed by atoms with van der Waals surface area (Å²) in [6.45, 7) is 0.938. The van der Waals surface area contributed by atoms with Gasteiger partial charge in [-0.15, -0.1) is 0 Å². The molecular formula is C13H14N2O3. The predicted octanol–water partition coefficient (Wildman–Crippen LogP) is 1.77. The number of ether oxygens (including phenoxy) is 1. The first kappa shape index (κ1) is 10.8. The lowest BCUT2D eigenvalue weighted by molar-refractivity contribution is 0.261. The molecule has 0 radical (unpaired) electrons. The first-order chi connectivity index (χ1) is 8.74. The number of fused-ring (bicyclic) bond motifs is 1. The SMILES string of the molecule is Oc1ccc(O)n1CC1COc2ccccc2N1. The number of hydrogen-bond acceptors (Lipinski definition) is 4. The van der Waals surface area contributed by atoms with Crippen LogP contribution in [0.15, 0.2) is 36.4 Å². The molecular weight excluding hydrogens is 232 g/mol. The summed E-state index contributed by atoms with van der Waals surface area (Å²) in [7, 11) is 0. The highest BCUT2D eigenvalue weighted by molar-refractivity contribution is 5.58. The van der Waals surface area contributed by atoms with Crippen LogP contribution in [0.4, 0.5) is 5.69 Å². The van der Waals surface area contributed by atoms with Crippen molar-refractivity contribution < 1.29 is 14.9 Å². The second-order valence-electron chi connectivity index (χ2n) is 4.31. The Labute approximate surface area is 104 Å². The third-order valence-electron chi connectivity index (χ3n) is 3.02. The van der Waals surface area contributed by atoms with Gasteiger partial charge in [-0.3, -0.25) is 4.57 Å². The van der Waals surface area contributed by atoms with E-state index in [4.69, 9.17) is 4.74 Å². The molecule has 1 atom stereocenters. The van der Waals surface area contributed by atoms with E-state index in [9.17, 15) is 10.2 Å². The highest BCUT2D eigenvalue weighted by atomic mass is 16.5. The Balaban J connectivity index is 1.77. The summed E-state index contributed by atoms with van der Waals surface area (Å²) in [4.78, 5) is 0. The van der Waals surface area contributed by atoms with E-state index >= 15 is 0 Å². The highest BCUT2D eigenvalue weighted by Crippen LogP contribution is 2.29. The van der Waals surface area contributed by atoms with Gasteiger partial charge in [0.15, 0.2) is 11.8 Å². The molecule has 0 saturated heterocycles. The quantitative estimate of drug-likeness (QED) is 0.755. The highest BCUT2D eigenvalue weighted by Gasteiger charge is 2.20. The fourth-order valence-corrected chi connectivity index (χ4v) is 2.12. The summed E-state index contributed by atoms with van der Waals surface area (Å²) in [6, 6.07) is 10.6. The van der Waals surface area contributed by atoms with Gasteiger partial charge in [-0.05, 0) is 12.1 Å². The van der Waals surface area contributed by atoms with E-state index in [0.29, 0.717) is 13.2 Å². The van der Waals surface area contributed by atoms with E-state index in [-0.39, 0.29) is 17.8 Å². The number of nitrogens with zero attached hydrogens (tertiary/aromatic N) is 1. The van der Waals surface area contributed by atoms with Crippen molar-refractivity contribution in [3.05, 3.63) is 36.4 Å². The number of aromatic nitrogens is 1. The Morgan fingerprint density at radius 2 is 1.89 bits per heavy atom. The number of anilines is 1. The minimum atomic E-state index is 0.00380. The minimum Gasteiger partial charge on any atom is -0.494 e. The second kappa shape index (κ2) is 4.18. The number of para-hydroxylation sites is 2. The molecule has 2 heterocycles. The van der Waals surface area contributed by atoms with Crippen LogP contribution >= 0.6 is 0 Å². The summed E-state index contributed by atoms with van der Waals surface area (Å²) >= 11 is 0. The molecule has 1 aromatic heterocycles. The van der Waals surface area contributed by atoms with Crippen LogP contribution in [0.25, 0.3) is 0 Å². The van der Waals surface area contributed by atoms with Crippen LogP contribution in [0.2, 0.25) is 0 Å². The maximum Gasteiger partial charge on any atom is 0.193 e. The fraction of sp³-hybridized carbons (Fsp3) is 0.231. The van der Waals surface area contributed by atoms with Crippen molar-refractivity contribution in [2.24, 2.45) is 0 Å². The van der Waals surface area contributed by atoms with Gasteiger partial charge in [0.05, 0.1) is 18.3 Å². The smallest absolute Gasteiger partial charge is 0.193 e. The average molecular weight is 246 g/mol. The van der Waals surface area contributed by atoms with Crippen molar-refractivity contribution in [2.45, 2.75) is 12.6 Å². The molecule has 2 aromatic rings. The van der Waals surface area contributed by atoms with Crippen molar-refractivity contribution in [1.82, 2.24) is 4.57 Å². The normalized spacial score (nSPS) is 17.7. The molecule has 1 aliphatic rings. The number of nitrogens with one attached hydrogen (secondary N) is 1. The van der Waals surface area contributed by atoms with E-state index in [1.54, 1.807) is 0 Å². The average Bonchev–Trinajstić information content (AvgIpc) is 2.70. The Kier molecular flexibility index (Phi) is 2.51. The number of aromatic hydroxyl groups is 2. The number of rotatable bonds is 2. The molecule has 0 aliphatic carbocycles. The molecule has 5 nitrogen and oxygen atoms in total. The van der Waals surface area contributed by atoms with Gasteiger partial charge in [0.1, 0.15) is 12.4 Å². The molecule has 0 spiro atoms. The Hall–Kier alpha value is -2.30. The maximum absolute atomic E-state index is 9.59. The predicted molar refractivity (Wildman–Crippen MR) is 67.1 cm³/mol. The largest absolute Gasteiger partial charge is 0.494 e. The van der Waals surface area contributed by atoms with Gasteiger partial charge in [-0.25, -0.2) is 0 Å². The standard InChI is InChI=1S/C13H14N2O3/c16-12-5-6-13(17)15(12)7-9-8-18-11-4-2-1-3-10(11)14-9/h1-6,9,14,16-17H,7-8H2. The second-order valence-corrected chi connectivity index (χ2v) is 4.31. The van der Waals surface area contributed by atoms with Crippen molar-refractivity contribution in [1.29, 1.82) is 0 Å². The molecule has 1 aromatic carbocycles. The number of hydrogen-bond donors (Lipinski definition) is 3. The van der Waals surface area contributed by atoms with Gasteiger partial charge in [-0.2, -0.15) is 0 Å². The van der Waals surface area contributed by atoms with E-state index < -0.39 is 0 Å². The zero-order valence-corrected chi connectivity index (χ0v) is 9.71. The van der Waals surface area contributed by atoms with Gasteiger partial charge < -0.3 is 20.3 Å². The molecule has 0 saturated carbocycles. The Bertz CT molecular complexity index is 546. The van der Waals surface area contributed by atoms with Crippen LogP contribution in [0.1, 0.15) is 0 Å². The zero-order chi connectivity index (χ0) is 12.5. The summed E-state index contributed by atoms with van der Waals surface area (Å²) in [5.41, 5.74) is 0.930.